The van der Waals surface area contributed by atoms with E-state index in [1.807, 2.05) is 30.3 Å². The first-order chi connectivity index (χ1) is 12.0. The van der Waals surface area contributed by atoms with Gasteiger partial charge >= 0.3 is 0 Å². The van der Waals surface area contributed by atoms with Crippen molar-refractivity contribution < 1.29 is 9.18 Å². The Balaban J connectivity index is 1.68. The number of hydrogen-bond donors (Lipinski definition) is 2. The van der Waals surface area contributed by atoms with E-state index in [9.17, 15) is 9.18 Å². The number of nitrogens with one attached hydrogen (secondary N) is 1. The molecule has 0 aliphatic carbocycles. The Bertz CT molecular complexity index is 865. The molecule has 0 bridgehead atoms. The monoisotopic (exact) mass is 356 g/mol. The van der Waals surface area contributed by atoms with Crippen LogP contribution in [0, 0.1) is 5.82 Å². The Hall–Kier alpha value is -2.80. The molecule has 2 aromatic carbocycles. The Morgan fingerprint density at radius 3 is 2.56 bits per heavy atom. The summed E-state index contributed by atoms with van der Waals surface area (Å²) >= 11 is 1.26. The lowest BCUT2D eigenvalue weighted by molar-refractivity contribution is -0.115. The summed E-state index contributed by atoms with van der Waals surface area (Å²) < 4.78 is 14.3. The van der Waals surface area contributed by atoms with E-state index < -0.39 is 5.25 Å². The van der Waals surface area contributed by atoms with Crippen LogP contribution in [0.5, 0.6) is 0 Å². The molecule has 3 aromatic rings. The molecule has 3 N–H and O–H groups in total. The second-order valence-corrected chi connectivity index (χ2v) is 6.75. The first-order valence-electron chi connectivity index (χ1n) is 7.66. The van der Waals surface area contributed by atoms with Gasteiger partial charge in [0.1, 0.15) is 5.82 Å². The lowest BCUT2D eigenvalue weighted by atomic mass is 10.2. The van der Waals surface area contributed by atoms with E-state index in [2.05, 4.69) is 10.3 Å². The van der Waals surface area contributed by atoms with Gasteiger partial charge in [0.05, 0.1) is 17.1 Å². The topological polar surface area (TPSA) is 72.9 Å². The van der Waals surface area contributed by atoms with E-state index in [4.69, 9.17) is 5.84 Å². The van der Waals surface area contributed by atoms with Gasteiger partial charge in [-0.1, -0.05) is 42.1 Å². The van der Waals surface area contributed by atoms with Crippen LogP contribution in [0.1, 0.15) is 6.92 Å². The zero-order chi connectivity index (χ0) is 17.8. The van der Waals surface area contributed by atoms with Crippen molar-refractivity contribution in [1.29, 1.82) is 0 Å². The smallest absolute Gasteiger partial charge is 0.237 e. The van der Waals surface area contributed by atoms with Crippen LogP contribution in [0.4, 0.5) is 10.1 Å². The molecule has 7 heteroatoms. The molecule has 1 aromatic heterocycles. The summed E-state index contributed by atoms with van der Waals surface area (Å²) in [6.45, 7) is 1.76. The third-order valence-corrected chi connectivity index (χ3v) is 4.61. The van der Waals surface area contributed by atoms with Crippen molar-refractivity contribution in [3.8, 4) is 11.3 Å². The van der Waals surface area contributed by atoms with Crippen molar-refractivity contribution >= 4 is 23.4 Å². The summed E-state index contributed by atoms with van der Waals surface area (Å²) in [5.74, 6) is 5.40. The average Bonchev–Trinajstić information content (AvgIpc) is 2.98. The van der Waals surface area contributed by atoms with E-state index in [-0.39, 0.29) is 11.7 Å². The van der Waals surface area contributed by atoms with Crippen LogP contribution in [0.3, 0.4) is 0 Å². The van der Waals surface area contributed by atoms with Crippen LogP contribution in [0.2, 0.25) is 0 Å². The molecule has 128 valence electrons. The molecule has 0 radical (unpaired) electrons. The van der Waals surface area contributed by atoms with Crippen LogP contribution in [-0.4, -0.2) is 20.8 Å². The number of nitrogen functional groups attached to an aromatic ring is 1. The summed E-state index contributed by atoms with van der Waals surface area (Å²) in [6.07, 6.45) is 1.72. The Labute approximate surface area is 149 Å². The summed E-state index contributed by atoms with van der Waals surface area (Å²) in [5.41, 5.74) is 2.24. The standard InChI is InChI=1S/C18H17FN4OS/c1-12(17(24)21-15-9-7-14(19)8-10-15)25-18-22-16(11-23(18)20)13-5-3-2-4-6-13/h2-12H,20H2,1H3,(H,21,24). The van der Waals surface area contributed by atoms with Crippen LogP contribution >= 0.6 is 11.8 Å². The molecule has 0 saturated carbocycles. The van der Waals surface area contributed by atoms with Gasteiger partial charge in [0, 0.05) is 11.3 Å². The maximum atomic E-state index is 12.9. The van der Waals surface area contributed by atoms with Gasteiger partial charge in [0.15, 0.2) is 5.16 Å². The van der Waals surface area contributed by atoms with Gasteiger partial charge in [-0.2, -0.15) is 0 Å². The number of benzene rings is 2. The van der Waals surface area contributed by atoms with Crippen molar-refractivity contribution in [2.24, 2.45) is 0 Å². The van der Waals surface area contributed by atoms with E-state index in [0.29, 0.717) is 10.8 Å². The minimum Gasteiger partial charge on any atom is -0.337 e. The molecule has 5 nitrogen and oxygen atoms in total. The van der Waals surface area contributed by atoms with Crippen molar-refractivity contribution in [3.05, 3.63) is 66.6 Å². The lowest BCUT2D eigenvalue weighted by Crippen LogP contribution is -2.23. The summed E-state index contributed by atoms with van der Waals surface area (Å²) in [6, 6.07) is 15.3. The predicted octanol–water partition coefficient (Wildman–Crippen LogP) is 3.52. The quantitative estimate of drug-likeness (QED) is 0.542. The first-order valence-corrected chi connectivity index (χ1v) is 8.54. The fraction of sp³-hybridized carbons (Fsp3) is 0.111. The molecule has 0 aliphatic heterocycles. The highest BCUT2D eigenvalue weighted by Gasteiger charge is 2.18. The molecular formula is C18H17FN4OS. The number of aromatic nitrogens is 2. The number of anilines is 1. The summed E-state index contributed by atoms with van der Waals surface area (Å²) in [4.78, 5) is 16.8. The number of halogens is 1. The highest BCUT2D eigenvalue weighted by atomic mass is 32.2. The number of hydrogen-bond acceptors (Lipinski definition) is 4. The molecule has 0 spiro atoms. The second kappa shape index (κ2) is 7.40. The minimum absolute atomic E-state index is 0.208. The predicted molar refractivity (Wildman–Crippen MR) is 98.2 cm³/mol. The normalized spacial score (nSPS) is 11.9. The Kier molecular flexibility index (Phi) is 5.04. The van der Waals surface area contributed by atoms with Crippen molar-refractivity contribution in [3.63, 3.8) is 0 Å². The largest absolute Gasteiger partial charge is 0.337 e. The Morgan fingerprint density at radius 1 is 1.20 bits per heavy atom. The van der Waals surface area contributed by atoms with Gasteiger partial charge in [-0.05, 0) is 31.2 Å². The number of nitrogens with two attached hydrogens (primary N) is 1. The van der Waals surface area contributed by atoms with Crippen LogP contribution in [0.15, 0.2) is 66.0 Å². The van der Waals surface area contributed by atoms with Crippen LogP contribution < -0.4 is 11.2 Å². The maximum Gasteiger partial charge on any atom is 0.237 e. The fourth-order valence-electron chi connectivity index (χ4n) is 2.20. The molecule has 3 rings (SSSR count). The van der Waals surface area contributed by atoms with E-state index in [0.717, 1.165) is 11.3 Å². The average molecular weight is 356 g/mol. The molecule has 1 atom stereocenters. The molecule has 1 amide bonds. The van der Waals surface area contributed by atoms with Crippen molar-refractivity contribution in [1.82, 2.24) is 9.66 Å². The number of carbonyl (C=O) groups excluding carboxylic acids is 1. The molecule has 0 aliphatic rings. The lowest BCUT2D eigenvalue weighted by Gasteiger charge is -2.11. The maximum absolute atomic E-state index is 12.9. The number of carbonyl (C=O) groups is 1. The van der Waals surface area contributed by atoms with E-state index in [1.165, 1.54) is 40.7 Å². The van der Waals surface area contributed by atoms with Gasteiger partial charge < -0.3 is 11.2 Å². The van der Waals surface area contributed by atoms with Gasteiger partial charge in [-0.25, -0.2) is 14.1 Å². The van der Waals surface area contributed by atoms with Gasteiger partial charge in [0.25, 0.3) is 0 Å². The van der Waals surface area contributed by atoms with Crippen LogP contribution in [0.25, 0.3) is 11.3 Å². The van der Waals surface area contributed by atoms with Gasteiger partial charge in [-0.15, -0.1) is 0 Å². The zero-order valence-corrected chi connectivity index (χ0v) is 14.3. The third kappa shape index (κ3) is 4.19. The van der Waals surface area contributed by atoms with Gasteiger partial charge in [-0.3, -0.25) is 4.79 Å². The number of thioether (sulfide) groups is 1. The molecule has 1 heterocycles. The summed E-state index contributed by atoms with van der Waals surface area (Å²) in [5, 5.41) is 2.87. The fourth-order valence-corrected chi connectivity index (χ4v) is 3.01. The number of nitrogens with zero attached hydrogens (tertiary/aromatic N) is 2. The number of imidazole rings is 1. The minimum atomic E-state index is -0.418. The highest BCUT2D eigenvalue weighted by Crippen LogP contribution is 2.26. The van der Waals surface area contributed by atoms with E-state index >= 15 is 0 Å². The van der Waals surface area contributed by atoms with Crippen molar-refractivity contribution in [2.75, 3.05) is 11.2 Å². The SMILES string of the molecule is CC(Sc1nc(-c2ccccc2)cn1N)C(=O)Nc1ccc(F)cc1. The third-order valence-electron chi connectivity index (χ3n) is 3.53. The van der Waals surface area contributed by atoms with E-state index in [1.54, 1.807) is 13.1 Å². The molecule has 0 saturated heterocycles. The molecule has 1 unspecified atom stereocenters. The van der Waals surface area contributed by atoms with Crippen LogP contribution in [-0.2, 0) is 4.79 Å². The number of amides is 1. The zero-order valence-electron chi connectivity index (χ0n) is 13.5. The second-order valence-electron chi connectivity index (χ2n) is 5.44. The molecule has 25 heavy (non-hydrogen) atoms. The van der Waals surface area contributed by atoms with Gasteiger partial charge in [0.2, 0.25) is 5.91 Å². The summed E-state index contributed by atoms with van der Waals surface area (Å²) in [7, 11) is 0. The highest BCUT2D eigenvalue weighted by molar-refractivity contribution is 8.00. The molecular weight excluding hydrogens is 339 g/mol. The molecule has 0 fully saturated rings. The Morgan fingerprint density at radius 2 is 1.88 bits per heavy atom. The number of rotatable bonds is 5. The first kappa shape index (κ1) is 17.0. The van der Waals surface area contributed by atoms with Crippen molar-refractivity contribution in [2.45, 2.75) is 17.3 Å².